The molecule has 0 saturated heterocycles. The molecule has 3 rings (SSSR count). The summed E-state index contributed by atoms with van der Waals surface area (Å²) in [4.78, 5) is 37.5. The number of carbonyl (C=O) groups is 3. The summed E-state index contributed by atoms with van der Waals surface area (Å²) < 4.78 is 0. The maximum Gasteiger partial charge on any atom is 0.261 e. The van der Waals surface area contributed by atoms with Crippen molar-refractivity contribution in [2.75, 3.05) is 13.1 Å². The van der Waals surface area contributed by atoms with Crippen molar-refractivity contribution in [3.8, 4) is 0 Å². The van der Waals surface area contributed by atoms with Gasteiger partial charge in [-0.25, -0.2) is 0 Å². The fraction of sp³-hybridized carbons (Fsp3) is 0.211. The topological polar surface area (TPSA) is 66.5 Å². The molecule has 5 nitrogen and oxygen atoms in total. The van der Waals surface area contributed by atoms with Crippen LogP contribution in [0.1, 0.15) is 31.8 Å². The van der Waals surface area contributed by atoms with Gasteiger partial charge in [-0.15, -0.1) is 0 Å². The van der Waals surface area contributed by atoms with Crippen molar-refractivity contribution < 1.29 is 14.4 Å². The third-order valence-corrected chi connectivity index (χ3v) is 4.02. The Labute approximate surface area is 140 Å². The zero-order valence-electron chi connectivity index (χ0n) is 13.4. The van der Waals surface area contributed by atoms with Crippen LogP contribution in [0.2, 0.25) is 0 Å². The molecular formula is C19H18N2O3. The van der Waals surface area contributed by atoms with Gasteiger partial charge in [0.05, 0.1) is 17.5 Å². The number of benzene rings is 2. The standard InChI is InChI=1S/C19H18N2O3/c1-13-6-8-14(9-7-13)12-17(22)20-10-11-21-18(23)15-4-2-3-5-16(15)19(21)24/h2-9H,10-12H2,1H3,(H,20,22). The van der Waals surface area contributed by atoms with Crippen molar-refractivity contribution in [2.24, 2.45) is 0 Å². The molecule has 0 aromatic heterocycles. The van der Waals surface area contributed by atoms with E-state index in [1.807, 2.05) is 31.2 Å². The molecule has 0 fully saturated rings. The number of nitrogens with one attached hydrogen (secondary N) is 1. The number of carbonyl (C=O) groups excluding carboxylic acids is 3. The van der Waals surface area contributed by atoms with Gasteiger partial charge in [0.25, 0.3) is 11.8 Å². The quantitative estimate of drug-likeness (QED) is 0.856. The molecule has 0 saturated carbocycles. The second kappa shape index (κ2) is 6.66. The summed E-state index contributed by atoms with van der Waals surface area (Å²) in [7, 11) is 0. The molecule has 1 N–H and O–H groups in total. The van der Waals surface area contributed by atoms with Gasteiger partial charge in [-0.3, -0.25) is 19.3 Å². The first-order valence-electron chi connectivity index (χ1n) is 7.84. The summed E-state index contributed by atoms with van der Waals surface area (Å²) in [6.07, 6.45) is 0.280. The first-order chi connectivity index (χ1) is 11.6. The van der Waals surface area contributed by atoms with Crippen molar-refractivity contribution >= 4 is 17.7 Å². The monoisotopic (exact) mass is 322 g/mol. The lowest BCUT2D eigenvalue weighted by Gasteiger charge is -2.14. The second-order valence-corrected chi connectivity index (χ2v) is 5.82. The van der Waals surface area contributed by atoms with E-state index in [9.17, 15) is 14.4 Å². The van der Waals surface area contributed by atoms with Crippen LogP contribution in [0.3, 0.4) is 0 Å². The van der Waals surface area contributed by atoms with E-state index < -0.39 is 0 Å². The molecule has 0 radical (unpaired) electrons. The molecule has 0 unspecified atom stereocenters. The van der Waals surface area contributed by atoms with Crippen molar-refractivity contribution in [1.29, 1.82) is 0 Å². The summed E-state index contributed by atoms with van der Waals surface area (Å²) in [5.74, 6) is -0.734. The Morgan fingerprint density at radius 2 is 1.54 bits per heavy atom. The Balaban J connectivity index is 1.52. The molecule has 2 aromatic rings. The minimum Gasteiger partial charge on any atom is -0.354 e. The van der Waals surface area contributed by atoms with Crippen LogP contribution in [0, 0.1) is 6.92 Å². The fourth-order valence-electron chi connectivity index (χ4n) is 2.70. The third kappa shape index (κ3) is 3.20. The van der Waals surface area contributed by atoms with Gasteiger partial charge in [0.1, 0.15) is 0 Å². The molecule has 24 heavy (non-hydrogen) atoms. The lowest BCUT2D eigenvalue weighted by Crippen LogP contribution is -2.38. The summed E-state index contributed by atoms with van der Waals surface area (Å²) in [6, 6.07) is 14.5. The Bertz CT molecular complexity index is 762. The van der Waals surface area contributed by atoms with Crippen LogP contribution in [0.5, 0.6) is 0 Å². The smallest absolute Gasteiger partial charge is 0.261 e. The Morgan fingerprint density at radius 1 is 0.958 bits per heavy atom. The molecule has 122 valence electrons. The molecule has 1 heterocycles. The molecule has 2 aromatic carbocycles. The zero-order valence-corrected chi connectivity index (χ0v) is 13.4. The lowest BCUT2D eigenvalue weighted by molar-refractivity contribution is -0.120. The zero-order chi connectivity index (χ0) is 17.1. The Morgan fingerprint density at radius 3 is 2.12 bits per heavy atom. The average Bonchev–Trinajstić information content (AvgIpc) is 2.82. The average molecular weight is 322 g/mol. The van der Waals surface area contributed by atoms with Crippen LogP contribution in [0.15, 0.2) is 48.5 Å². The summed E-state index contributed by atoms with van der Waals surface area (Å²) in [5, 5.41) is 2.76. The van der Waals surface area contributed by atoms with Gasteiger partial charge >= 0.3 is 0 Å². The normalized spacial score (nSPS) is 13.1. The van der Waals surface area contributed by atoms with E-state index in [-0.39, 0.29) is 37.2 Å². The van der Waals surface area contributed by atoms with Crippen molar-refractivity contribution in [1.82, 2.24) is 10.2 Å². The molecular weight excluding hydrogens is 304 g/mol. The van der Waals surface area contributed by atoms with Crippen molar-refractivity contribution in [3.05, 3.63) is 70.8 Å². The number of nitrogens with zero attached hydrogens (tertiary/aromatic N) is 1. The highest BCUT2D eigenvalue weighted by Gasteiger charge is 2.34. The molecule has 1 aliphatic heterocycles. The first-order valence-corrected chi connectivity index (χ1v) is 7.84. The van der Waals surface area contributed by atoms with Crippen LogP contribution in [0.4, 0.5) is 0 Å². The predicted molar refractivity (Wildman–Crippen MR) is 89.7 cm³/mol. The Hall–Kier alpha value is -2.95. The second-order valence-electron chi connectivity index (χ2n) is 5.82. The van der Waals surface area contributed by atoms with Gasteiger partial charge in [-0.1, -0.05) is 42.0 Å². The molecule has 0 spiro atoms. The van der Waals surface area contributed by atoms with Crippen LogP contribution < -0.4 is 5.32 Å². The van der Waals surface area contributed by atoms with E-state index in [1.165, 1.54) is 4.90 Å². The van der Waals surface area contributed by atoms with Crippen LogP contribution in [0.25, 0.3) is 0 Å². The van der Waals surface area contributed by atoms with E-state index >= 15 is 0 Å². The first kappa shape index (κ1) is 15.9. The fourth-order valence-corrected chi connectivity index (χ4v) is 2.70. The number of amides is 3. The highest BCUT2D eigenvalue weighted by Crippen LogP contribution is 2.21. The highest BCUT2D eigenvalue weighted by atomic mass is 16.2. The van der Waals surface area contributed by atoms with Gasteiger partial charge in [-0.2, -0.15) is 0 Å². The molecule has 0 bridgehead atoms. The van der Waals surface area contributed by atoms with E-state index in [0.717, 1.165) is 11.1 Å². The van der Waals surface area contributed by atoms with E-state index in [1.54, 1.807) is 24.3 Å². The molecule has 5 heteroatoms. The molecule has 0 aliphatic carbocycles. The SMILES string of the molecule is Cc1ccc(CC(=O)NCCN2C(=O)c3ccccc3C2=O)cc1. The van der Waals surface area contributed by atoms with Gasteiger partial charge < -0.3 is 5.32 Å². The number of rotatable bonds is 5. The third-order valence-electron chi connectivity index (χ3n) is 4.02. The van der Waals surface area contributed by atoms with Crippen molar-refractivity contribution in [2.45, 2.75) is 13.3 Å². The largest absolute Gasteiger partial charge is 0.354 e. The van der Waals surface area contributed by atoms with Crippen molar-refractivity contribution in [3.63, 3.8) is 0 Å². The molecule has 1 aliphatic rings. The van der Waals surface area contributed by atoms with E-state index in [4.69, 9.17) is 0 Å². The van der Waals surface area contributed by atoms with Crippen LogP contribution >= 0.6 is 0 Å². The number of fused-ring (bicyclic) bond motifs is 1. The van der Waals surface area contributed by atoms with Gasteiger partial charge in [0.15, 0.2) is 0 Å². The maximum atomic E-state index is 12.2. The molecule has 3 amide bonds. The Kier molecular flexibility index (Phi) is 4.42. The van der Waals surface area contributed by atoms with E-state index in [0.29, 0.717) is 11.1 Å². The minimum absolute atomic E-state index is 0.129. The number of imide groups is 1. The minimum atomic E-state index is -0.302. The van der Waals surface area contributed by atoms with Gasteiger partial charge in [-0.05, 0) is 24.6 Å². The van der Waals surface area contributed by atoms with Gasteiger partial charge in [0, 0.05) is 13.1 Å². The summed E-state index contributed by atoms with van der Waals surface area (Å²) in [5.41, 5.74) is 2.92. The highest BCUT2D eigenvalue weighted by molar-refractivity contribution is 6.21. The van der Waals surface area contributed by atoms with E-state index in [2.05, 4.69) is 5.32 Å². The molecule has 0 atom stereocenters. The predicted octanol–water partition coefficient (Wildman–Crippen LogP) is 1.95. The van der Waals surface area contributed by atoms with Crippen LogP contribution in [-0.2, 0) is 11.2 Å². The maximum absolute atomic E-state index is 12.2. The summed E-state index contributed by atoms with van der Waals surface area (Å²) in [6.45, 7) is 2.41. The number of hydrogen-bond donors (Lipinski definition) is 1. The lowest BCUT2D eigenvalue weighted by atomic mass is 10.1. The summed E-state index contributed by atoms with van der Waals surface area (Å²) >= 11 is 0. The van der Waals surface area contributed by atoms with Gasteiger partial charge in [0.2, 0.25) is 5.91 Å². The number of aryl methyl sites for hydroxylation is 1. The number of hydrogen-bond acceptors (Lipinski definition) is 3. The van der Waals surface area contributed by atoms with Crippen LogP contribution in [-0.4, -0.2) is 35.7 Å².